The molecule has 6 heteroatoms. The fraction of sp³-hybridized carbons (Fsp3) is 0.0800. The van der Waals surface area contributed by atoms with E-state index in [4.69, 9.17) is 10.7 Å². The summed E-state index contributed by atoms with van der Waals surface area (Å²) in [6, 6.07) is 26.3. The number of hydrogen-bond donors (Lipinski definition) is 2. The highest BCUT2D eigenvalue weighted by Crippen LogP contribution is 2.26. The van der Waals surface area contributed by atoms with E-state index in [-0.39, 0.29) is 6.04 Å². The molecule has 0 saturated carbocycles. The standard InChI is InChI=1S/C25H22N6/c1-17(18-6-3-2-4-7-18)29-25-27-13-12-24(30-25)31-16-28-22-15-20(10-11-23(22)31)19-8-5-9-21(26)14-19/h2-17H,26H2,1H3,(H,27,29,30)/t17-/m0/s1. The van der Waals surface area contributed by atoms with Gasteiger partial charge in [0.15, 0.2) is 0 Å². The summed E-state index contributed by atoms with van der Waals surface area (Å²) in [5.74, 6) is 1.34. The summed E-state index contributed by atoms with van der Waals surface area (Å²) in [6.45, 7) is 2.09. The van der Waals surface area contributed by atoms with E-state index in [1.54, 1.807) is 12.5 Å². The fourth-order valence-corrected chi connectivity index (χ4v) is 3.66. The maximum absolute atomic E-state index is 5.93. The number of rotatable bonds is 5. The highest BCUT2D eigenvalue weighted by Gasteiger charge is 2.11. The molecule has 5 aromatic rings. The van der Waals surface area contributed by atoms with Crippen molar-refractivity contribution in [2.45, 2.75) is 13.0 Å². The van der Waals surface area contributed by atoms with Crippen LogP contribution in [0.4, 0.5) is 11.6 Å². The molecule has 0 fully saturated rings. The van der Waals surface area contributed by atoms with Gasteiger partial charge in [-0.2, -0.15) is 4.98 Å². The molecular weight excluding hydrogens is 384 g/mol. The van der Waals surface area contributed by atoms with Crippen LogP contribution in [0.25, 0.3) is 28.0 Å². The van der Waals surface area contributed by atoms with Crippen molar-refractivity contribution in [2.24, 2.45) is 0 Å². The minimum Gasteiger partial charge on any atom is -0.399 e. The molecule has 0 unspecified atom stereocenters. The molecule has 3 N–H and O–H groups in total. The van der Waals surface area contributed by atoms with Gasteiger partial charge in [0.25, 0.3) is 0 Å². The molecule has 0 spiro atoms. The van der Waals surface area contributed by atoms with Gasteiger partial charge in [0, 0.05) is 11.9 Å². The van der Waals surface area contributed by atoms with Crippen molar-refractivity contribution in [1.29, 1.82) is 0 Å². The number of aromatic nitrogens is 4. The van der Waals surface area contributed by atoms with Crippen LogP contribution in [0.3, 0.4) is 0 Å². The minimum atomic E-state index is 0.0943. The molecular formula is C25H22N6. The number of benzene rings is 3. The second kappa shape index (κ2) is 7.91. The van der Waals surface area contributed by atoms with Gasteiger partial charge < -0.3 is 11.1 Å². The lowest BCUT2D eigenvalue weighted by atomic mass is 10.0. The monoisotopic (exact) mass is 406 g/mol. The van der Waals surface area contributed by atoms with Crippen molar-refractivity contribution in [1.82, 2.24) is 19.5 Å². The van der Waals surface area contributed by atoms with Crippen LogP contribution < -0.4 is 11.1 Å². The SMILES string of the molecule is C[C@H](Nc1nccc(-n2cnc3cc(-c4cccc(N)c4)ccc32)n1)c1ccccc1. The van der Waals surface area contributed by atoms with Gasteiger partial charge >= 0.3 is 0 Å². The molecule has 31 heavy (non-hydrogen) atoms. The summed E-state index contributed by atoms with van der Waals surface area (Å²) in [5, 5.41) is 3.38. The second-order valence-corrected chi connectivity index (χ2v) is 7.46. The van der Waals surface area contributed by atoms with Gasteiger partial charge in [-0.15, -0.1) is 0 Å². The zero-order chi connectivity index (χ0) is 21.2. The van der Waals surface area contributed by atoms with Crippen molar-refractivity contribution in [3.05, 3.63) is 97.0 Å². The molecule has 0 bridgehead atoms. The van der Waals surface area contributed by atoms with E-state index in [1.165, 1.54) is 5.56 Å². The Labute approximate surface area is 180 Å². The molecule has 0 aliphatic rings. The van der Waals surface area contributed by atoms with Crippen molar-refractivity contribution in [3.63, 3.8) is 0 Å². The van der Waals surface area contributed by atoms with Crippen LogP contribution in [-0.2, 0) is 0 Å². The number of nitrogens with one attached hydrogen (secondary N) is 1. The Kier molecular flexibility index (Phi) is 4.80. The molecule has 5 rings (SSSR count). The third-order valence-corrected chi connectivity index (χ3v) is 5.30. The van der Waals surface area contributed by atoms with Crippen molar-refractivity contribution in [3.8, 4) is 16.9 Å². The molecule has 0 saturated heterocycles. The first-order valence-corrected chi connectivity index (χ1v) is 10.2. The third-order valence-electron chi connectivity index (χ3n) is 5.30. The first-order valence-electron chi connectivity index (χ1n) is 10.2. The van der Waals surface area contributed by atoms with Crippen LogP contribution in [0, 0.1) is 0 Å². The van der Waals surface area contributed by atoms with Crippen LogP contribution in [0.2, 0.25) is 0 Å². The zero-order valence-corrected chi connectivity index (χ0v) is 17.1. The highest BCUT2D eigenvalue weighted by molar-refractivity contribution is 5.83. The fourth-order valence-electron chi connectivity index (χ4n) is 3.66. The summed E-state index contributed by atoms with van der Waals surface area (Å²) in [7, 11) is 0. The van der Waals surface area contributed by atoms with E-state index in [2.05, 4.69) is 52.5 Å². The Morgan fingerprint density at radius 1 is 0.871 bits per heavy atom. The molecule has 6 nitrogen and oxygen atoms in total. The number of imidazole rings is 1. The van der Waals surface area contributed by atoms with E-state index in [1.807, 2.05) is 53.1 Å². The Morgan fingerprint density at radius 3 is 2.55 bits per heavy atom. The first-order chi connectivity index (χ1) is 15.2. The third kappa shape index (κ3) is 3.83. The second-order valence-electron chi connectivity index (χ2n) is 7.46. The number of hydrogen-bond acceptors (Lipinski definition) is 5. The Hall–Kier alpha value is -4.19. The van der Waals surface area contributed by atoms with Gasteiger partial charge in [-0.05, 0) is 53.9 Å². The van der Waals surface area contributed by atoms with E-state index >= 15 is 0 Å². The Bertz CT molecular complexity index is 1340. The van der Waals surface area contributed by atoms with Crippen molar-refractivity contribution >= 4 is 22.7 Å². The predicted octanol–water partition coefficient (Wildman–Crippen LogP) is 5.24. The number of nitrogens with two attached hydrogens (primary N) is 1. The maximum atomic E-state index is 5.93. The summed E-state index contributed by atoms with van der Waals surface area (Å²) >= 11 is 0. The number of nitrogen functional groups attached to an aromatic ring is 1. The van der Waals surface area contributed by atoms with Gasteiger partial charge in [0.05, 0.1) is 17.1 Å². The van der Waals surface area contributed by atoms with Gasteiger partial charge in [-0.3, -0.25) is 4.57 Å². The topological polar surface area (TPSA) is 81.7 Å². The van der Waals surface area contributed by atoms with Crippen LogP contribution >= 0.6 is 0 Å². The van der Waals surface area contributed by atoms with E-state index in [0.717, 1.165) is 33.7 Å². The van der Waals surface area contributed by atoms with E-state index in [9.17, 15) is 0 Å². The van der Waals surface area contributed by atoms with Crippen LogP contribution in [0.1, 0.15) is 18.5 Å². The largest absolute Gasteiger partial charge is 0.399 e. The number of fused-ring (bicyclic) bond motifs is 1. The van der Waals surface area contributed by atoms with Crippen molar-refractivity contribution < 1.29 is 0 Å². The zero-order valence-electron chi connectivity index (χ0n) is 17.1. The lowest BCUT2D eigenvalue weighted by Crippen LogP contribution is -2.10. The van der Waals surface area contributed by atoms with Crippen LogP contribution in [0.15, 0.2) is 91.4 Å². The smallest absolute Gasteiger partial charge is 0.225 e. The summed E-state index contributed by atoms with van der Waals surface area (Å²) < 4.78 is 1.97. The lowest BCUT2D eigenvalue weighted by Gasteiger charge is -2.14. The highest BCUT2D eigenvalue weighted by atomic mass is 15.2. The molecule has 3 aromatic carbocycles. The maximum Gasteiger partial charge on any atom is 0.225 e. The molecule has 0 amide bonds. The molecule has 152 valence electrons. The van der Waals surface area contributed by atoms with Gasteiger partial charge in [-0.25, -0.2) is 9.97 Å². The summed E-state index contributed by atoms with van der Waals surface area (Å²) in [6.07, 6.45) is 3.55. The van der Waals surface area contributed by atoms with Gasteiger partial charge in [0.1, 0.15) is 12.1 Å². The average Bonchev–Trinajstić information content (AvgIpc) is 3.23. The van der Waals surface area contributed by atoms with E-state index in [0.29, 0.717) is 5.95 Å². The first kappa shape index (κ1) is 18.8. The predicted molar refractivity (Wildman–Crippen MR) is 125 cm³/mol. The molecule has 0 aliphatic heterocycles. The van der Waals surface area contributed by atoms with Gasteiger partial charge in [0.2, 0.25) is 5.95 Å². The molecule has 2 aromatic heterocycles. The van der Waals surface area contributed by atoms with Crippen LogP contribution in [0.5, 0.6) is 0 Å². The Balaban J connectivity index is 1.45. The average molecular weight is 406 g/mol. The van der Waals surface area contributed by atoms with Crippen LogP contribution in [-0.4, -0.2) is 19.5 Å². The van der Waals surface area contributed by atoms with Crippen molar-refractivity contribution in [2.75, 3.05) is 11.1 Å². The number of anilines is 2. The molecule has 0 aliphatic carbocycles. The Morgan fingerprint density at radius 2 is 1.71 bits per heavy atom. The quantitative estimate of drug-likeness (QED) is 0.390. The normalized spacial score (nSPS) is 12.0. The van der Waals surface area contributed by atoms with E-state index < -0.39 is 0 Å². The summed E-state index contributed by atoms with van der Waals surface area (Å²) in [4.78, 5) is 13.7. The minimum absolute atomic E-state index is 0.0943. The number of nitrogens with zero attached hydrogens (tertiary/aromatic N) is 4. The summed E-state index contributed by atoms with van der Waals surface area (Å²) in [5.41, 5.74) is 11.9. The lowest BCUT2D eigenvalue weighted by molar-refractivity contribution is 0.854. The molecule has 1 atom stereocenters. The van der Waals surface area contributed by atoms with Gasteiger partial charge in [-0.1, -0.05) is 48.5 Å². The molecule has 0 radical (unpaired) electrons. The molecule has 2 heterocycles.